The maximum absolute atomic E-state index is 13.3. The molecule has 4 aromatic rings. The zero-order valence-electron chi connectivity index (χ0n) is 19.2. The molecule has 1 aliphatic carbocycles. The number of halogens is 2. The minimum atomic E-state index is -0.265. The van der Waals surface area contributed by atoms with Gasteiger partial charge in [-0.3, -0.25) is 4.79 Å². The van der Waals surface area contributed by atoms with Crippen molar-refractivity contribution in [1.82, 2.24) is 9.66 Å². The van der Waals surface area contributed by atoms with Gasteiger partial charge in [-0.05, 0) is 89.0 Å². The lowest BCUT2D eigenvalue weighted by Crippen LogP contribution is -2.25. The molecule has 0 spiro atoms. The first-order chi connectivity index (χ1) is 17.1. The Morgan fingerprint density at radius 2 is 1.83 bits per heavy atom. The second-order valence-electron chi connectivity index (χ2n) is 8.79. The first-order valence-electron chi connectivity index (χ1n) is 11.8. The van der Waals surface area contributed by atoms with Crippen molar-refractivity contribution in [3.05, 3.63) is 103 Å². The minimum Gasteiger partial charge on any atom is -0.488 e. The first kappa shape index (κ1) is 23.7. The molecule has 0 aliphatic heterocycles. The molecule has 0 amide bonds. The van der Waals surface area contributed by atoms with E-state index in [2.05, 4.69) is 27.7 Å². The van der Waals surface area contributed by atoms with Gasteiger partial charge in [-0.15, -0.1) is 0 Å². The van der Waals surface area contributed by atoms with Gasteiger partial charge in [0.2, 0.25) is 0 Å². The van der Waals surface area contributed by atoms with Crippen molar-refractivity contribution < 1.29 is 9.13 Å². The number of ether oxygens (including phenoxy) is 1. The monoisotopic (exact) mass is 581 g/mol. The number of fused-ring (bicyclic) bond motifs is 1. The number of rotatable bonds is 6. The van der Waals surface area contributed by atoms with Crippen molar-refractivity contribution in [2.45, 2.75) is 44.6 Å². The number of benzene rings is 3. The van der Waals surface area contributed by atoms with Gasteiger partial charge in [0.15, 0.2) is 0 Å². The van der Waals surface area contributed by atoms with Crippen LogP contribution in [-0.4, -0.2) is 15.9 Å². The van der Waals surface area contributed by atoms with Gasteiger partial charge in [-0.1, -0.05) is 43.5 Å². The van der Waals surface area contributed by atoms with Crippen molar-refractivity contribution >= 4 is 39.7 Å². The Morgan fingerprint density at radius 3 is 2.60 bits per heavy atom. The van der Waals surface area contributed by atoms with Gasteiger partial charge in [0, 0.05) is 5.92 Å². The second kappa shape index (κ2) is 10.7. The molecule has 1 saturated carbocycles. The summed E-state index contributed by atoms with van der Waals surface area (Å²) in [6, 6.07) is 19.5. The van der Waals surface area contributed by atoms with Crippen molar-refractivity contribution in [1.29, 1.82) is 0 Å². The van der Waals surface area contributed by atoms with Gasteiger partial charge < -0.3 is 4.74 Å². The average Bonchev–Trinajstić information content (AvgIpc) is 2.89. The van der Waals surface area contributed by atoms with E-state index in [0.29, 0.717) is 12.0 Å². The molecule has 1 heterocycles. The van der Waals surface area contributed by atoms with Crippen LogP contribution in [0.5, 0.6) is 5.75 Å². The molecule has 0 N–H and O–H groups in total. The third kappa shape index (κ3) is 5.45. The molecule has 3 aromatic carbocycles. The summed E-state index contributed by atoms with van der Waals surface area (Å²) in [5.74, 6) is 1.46. The number of nitrogens with zero attached hydrogens (tertiary/aromatic N) is 3. The highest BCUT2D eigenvalue weighted by Crippen LogP contribution is 2.32. The van der Waals surface area contributed by atoms with Crippen LogP contribution in [-0.2, 0) is 6.61 Å². The van der Waals surface area contributed by atoms with Gasteiger partial charge in [-0.2, -0.15) is 9.78 Å². The van der Waals surface area contributed by atoms with E-state index in [1.54, 1.807) is 24.4 Å². The van der Waals surface area contributed by atoms with Crippen LogP contribution in [0.15, 0.2) is 76.6 Å². The number of para-hydroxylation sites is 1. The summed E-state index contributed by atoms with van der Waals surface area (Å²) in [7, 11) is 0. The lowest BCUT2D eigenvalue weighted by molar-refractivity contribution is 0.304. The summed E-state index contributed by atoms with van der Waals surface area (Å²) in [5, 5.41) is 5.18. The highest BCUT2D eigenvalue weighted by molar-refractivity contribution is 14.1. The maximum atomic E-state index is 13.3. The van der Waals surface area contributed by atoms with E-state index in [0.717, 1.165) is 57.5 Å². The largest absolute Gasteiger partial charge is 0.488 e. The number of hydrogen-bond donors (Lipinski definition) is 0. The van der Waals surface area contributed by atoms with E-state index in [1.165, 1.54) is 23.2 Å². The fraction of sp³-hybridized carbons (Fsp3) is 0.250. The lowest BCUT2D eigenvalue weighted by Gasteiger charge is -2.22. The van der Waals surface area contributed by atoms with Crippen LogP contribution in [0.25, 0.3) is 10.9 Å². The smallest absolute Gasteiger partial charge is 0.282 e. The second-order valence-corrected chi connectivity index (χ2v) is 9.95. The van der Waals surface area contributed by atoms with Crippen LogP contribution in [0.2, 0.25) is 0 Å². The Kier molecular flexibility index (Phi) is 7.22. The third-order valence-electron chi connectivity index (χ3n) is 6.33. The molecule has 1 aromatic heterocycles. The Morgan fingerprint density at radius 1 is 1.06 bits per heavy atom. The van der Waals surface area contributed by atoms with Crippen LogP contribution < -0.4 is 10.3 Å². The van der Waals surface area contributed by atoms with Crippen molar-refractivity contribution in [3.63, 3.8) is 0 Å². The van der Waals surface area contributed by atoms with Crippen LogP contribution in [0.3, 0.4) is 0 Å². The van der Waals surface area contributed by atoms with Gasteiger partial charge in [-0.25, -0.2) is 9.37 Å². The van der Waals surface area contributed by atoms with Crippen LogP contribution in [0, 0.1) is 9.39 Å². The Hall–Kier alpha value is -3.07. The fourth-order valence-corrected chi connectivity index (χ4v) is 5.15. The summed E-state index contributed by atoms with van der Waals surface area (Å²) in [6.45, 7) is 0.354. The van der Waals surface area contributed by atoms with Crippen molar-refractivity contribution in [2.24, 2.45) is 5.10 Å². The van der Waals surface area contributed by atoms with Gasteiger partial charge in [0.1, 0.15) is 24.0 Å². The van der Waals surface area contributed by atoms with Gasteiger partial charge in [0.05, 0.1) is 20.7 Å². The standard InChI is InChI=1S/C28H25FIN3O2/c29-22-13-10-19(11-14-22)18-35-26-15-12-20(16-24(26)30)17-31-33-27(21-6-2-1-3-7-21)32-25-9-5-4-8-23(25)28(33)34/h4-5,8-17,21H,1-3,6-7,18H2. The minimum absolute atomic E-state index is 0.138. The summed E-state index contributed by atoms with van der Waals surface area (Å²) in [4.78, 5) is 18.2. The van der Waals surface area contributed by atoms with Crippen LogP contribution in [0.4, 0.5) is 4.39 Å². The lowest BCUT2D eigenvalue weighted by atomic mass is 9.88. The Bertz CT molecular complexity index is 1430. The highest BCUT2D eigenvalue weighted by atomic mass is 127. The molecule has 1 fully saturated rings. The summed E-state index contributed by atoms with van der Waals surface area (Å²) < 4.78 is 21.4. The molecule has 1 aliphatic rings. The highest BCUT2D eigenvalue weighted by Gasteiger charge is 2.22. The Labute approximate surface area is 216 Å². The summed E-state index contributed by atoms with van der Waals surface area (Å²) in [5.41, 5.74) is 2.34. The quantitative estimate of drug-likeness (QED) is 0.189. The molecule has 0 atom stereocenters. The molecular formula is C28H25FIN3O2. The molecule has 178 valence electrons. The molecule has 0 bridgehead atoms. The molecular weight excluding hydrogens is 556 g/mol. The van der Waals surface area contributed by atoms with E-state index < -0.39 is 0 Å². The van der Waals surface area contributed by atoms with Gasteiger partial charge in [0.25, 0.3) is 5.56 Å². The molecule has 5 rings (SSSR count). The molecule has 0 radical (unpaired) electrons. The predicted molar refractivity (Wildman–Crippen MR) is 145 cm³/mol. The summed E-state index contributed by atoms with van der Waals surface area (Å²) >= 11 is 2.22. The third-order valence-corrected chi connectivity index (χ3v) is 7.18. The predicted octanol–water partition coefficient (Wildman–Crippen LogP) is 6.65. The molecule has 5 nitrogen and oxygen atoms in total. The van der Waals surface area contributed by atoms with Crippen LogP contribution in [0.1, 0.15) is 55.0 Å². The normalized spacial score (nSPS) is 14.6. The van der Waals surface area contributed by atoms with E-state index in [1.807, 2.05) is 36.4 Å². The molecule has 0 saturated heterocycles. The molecule has 7 heteroatoms. The SMILES string of the molecule is O=c1c2ccccc2nc(C2CCCCC2)n1N=Cc1ccc(OCc2ccc(F)cc2)c(I)c1. The number of hydrogen-bond acceptors (Lipinski definition) is 4. The van der Waals surface area contributed by atoms with Crippen LogP contribution >= 0.6 is 22.6 Å². The van der Waals surface area contributed by atoms with Crippen molar-refractivity contribution in [2.75, 3.05) is 0 Å². The van der Waals surface area contributed by atoms with E-state index in [-0.39, 0.29) is 17.3 Å². The van der Waals surface area contributed by atoms with E-state index in [4.69, 9.17) is 9.72 Å². The number of aromatic nitrogens is 2. The maximum Gasteiger partial charge on any atom is 0.282 e. The topological polar surface area (TPSA) is 56.5 Å². The molecule has 35 heavy (non-hydrogen) atoms. The summed E-state index contributed by atoms with van der Waals surface area (Å²) in [6.07, 6.45) is 7.28. The zero-order chi connectivity index (χ0) is 24.2. The first-order valence-corrected chi connectivity index (χ1v) is 12.9. The molecule has 0 unspecified atom stereocenters. The zero-order valence-corrected chi connectivity index (χ0v) is 21.3. The average molecular weight is 581 g/mol. The van der Waals surface area contributed by atoms with E-state index in [9.17, 15) is 9.18 Å². The Balaban J connectivity index is 1.41. The van der Waals surface area contributed by atoms with Crippen molar-refractivity contribution in [3.8, 4) is 5.75 Å². The van der Waals surface area contributed by atoms with Gasteiger partial charge >= 0.3 is 0 Å². The van der Waals surface area contributed by atoms with E-state index >= 15 is 0 Å². The fourth-order valence-electron chi connectivity index (χ4n) is 4.46.